The molecule has 1 N–H and O–H groups in total. The number of methoxy groups -OCH3 is 1. The molecule has 0 spiro atoms. The summed E-state index contributed by atoms with van der Waals surface area (Å²) in [7, 11) is 1.61. The van der Waals surface area contributed by atoms with E-state index in [1.54, 1.807) is 13.4 Å². The first-order valence-electron chi connectivity index (χ1n) is 5.58. The molecule has 0 aromatic carbocycles. The lowest BCUT2D eigenvalue weighted by Crippen LogP contribution is -2.18. The third-order valence-corrected chi connectivity index (χ3v) is 2.41. The zero-order valence-corrected chi connectivity index (χ0v) is 10.0. The first kappa shape index (κ1) is 11.5. The van der Waals surface area contributed by atoms with Gasteiger partial charge in [0.25, 0.3) is 0 Å². The Bertz CT molecular complexity index is 454. The lowest BCUT2D eigenvalue weighted by atomic mass is 10.2. The van der Waals surface area contributed by atoms with Gasteiger partial charge < -0.3 is 14.5 Å². The van der Waals surface area contributed by atoms with E-state index in [-0.39, 0.29) is 6.04 Å². The van der Waals surface area contributed by atoms with Crippen molar-refractivity contribution in [2.75, 3.05) is 12.4 Å². The molecular formula is C13H16N2O2. The van der Waals surface area contributed by atoms with Crippen LogP contribution < -0.4 is 10.1 Å². The van der Waals surface area contributed by atoms with Crippen molar-refractivity contribution in [3.8, 4) is 5.88 Å². The average molecular weight is 232 g/mol. The summed E-state index contributed by atoms with van der Waals surface area (Å²) in [5.41, 5.74) is 0. The minimum absolute atomic E-state index is 0.251. The molecule has 4 heteroatoms. The fourth-order valence-corrected chi connectivity index (χ4v) is 1.64. The summed E-state index contributed by atoms with van der Waals surface area (Å²) in [5, 5.41) is 3.30. The number of furan rings is 1. The first-order valence-corrected chi connectivity index (χ1v) is 5.58. The molecular weight excluding hydrogens is 216 g/mol. The standard InChI is InChI=1S/C13H16N2O2/c1-10(9-11-5-4-8-17-11)14-12-6-3-7-13(15-12)16-2/h3-8,10H,9H2,1-2H3,(H,14,15). The third kappa shape index (κ3) is 3.24. The highest BCUT2D eigenvalue weighted by Crippen LogP contribution is 2.13. The maximum atomic E-state index is 5.30. The summed E-state index contributed by atoms with van der Waals surface area (Å²) in [6.45, 7) is 2.09. The van der Waals surface area contributed by atoms with Gasteiger partial charge in [-0.15, -0.1) is 0 Å². The Labute approximate surface area is 101 Å². The van der Waals surface area contributed by atoms with E-state index in [0.717, 1.165) is 18.0 Å². The van der Waals surface area contributed by atoms with Crippen LogP contribution in [0.2, 0.25) is 0 Å². The molecule has 0 bridgehead atoms. The Morgan fingerprint density at radius 2 is 2.24 bits per heavy atom. The van der Waals surface area contributed by atoms with Gasteiger partial charge in [-0.25, -0.2) is 0 Å². The highest BCUT2D eigenvalue weighted by molar-refractivity contribution is 5.38. The van der Waals surface area contributed by atoms with Crippen LogP contribution in [0.5, 0.6) is 5.88 Å². The quantitative estimate of drug-likeness (QED) is 0.861. The number of nitrogens with zero attached hydrogens (tertiary/aromatic N) is 1. The van der Waals surface area contributed by atoms with Crippen LogP contribution in [0.15, 0.2) is 41.0 Å². The van der Waals surface area contributed by atoms with E-state index in [2.05, 4.69) is 17.2 Å². The molecule has 0 saturated heterocycles. The van der Waals surface area contributed by atoms with Crippen LogP contribution in [-0.2, 0) is 6.42 Å². The summed E-state index contributed by atoms with van der Waals surface area (Å²) < 4.78 is 10.4. The first-order chi connectivity index (χ1) is 8.28. The SMILES string of the molecule is COc1cccc(NC(C)Cc2ccco2)n1. The summed E-state index contributed by atoms with van der Waals surface area (Å²) in [6, 6.07) is 9.76. The van der Waals surface area contributed by atoms with Crippen LogP contribution in [0.3, 0.4) is 0 Å². The van der Waals surface area contributed by atoms with Gasteiger partial charge in [0.2, 0.25) is 5.88 Å². The third-order valence-electron chi connectivity index (χ3n) is 2.41. The summed E-state index contributed by atoms with van der Waals surface area (Å²) in [5.74, 6) is 2.39. The fourth-order valence-electron chi connectivity index (χ4n) is 1.64. The molecule has 0 aliphatic rings. The van der Waals surface area contributed by atoms with E-state index in [0.29, 0.717) is 5.88 Å². The Morgan fingerprint density at radius 3 is 2.94 bits per heavy atom. The lowest BCUT2D eigenvalue weighted by Gasteiger charge is -2.13. The molecule has 0 saturated carbocycles. The molecule has 0 radical (unpaired) electrons. The fraction of sp³-hybridized carbons (Fsp3) is 0.308. The highest BCUT2D eigenvalue weighted by Gasteiger charge is 2.06. The number of hydrogen-bond donors (Lipinski definition) is 1. The van der Waals surface area contributed by atoms with Gasteiger partial charge in [-0.2, -0.15) is 4.98 Å². The molecule has 1 unspecified atom stereocenters. The van der Waals surface area contributed by atoms with Crippen LogP contribution in [0.1, 0.15) is 12.7 Å². The van der Waals surface area contributed by atoms with E-state index in [9.17, 15) is 0 Å². The van der Waals surface area contributed by atoms with Crippen LogP contribution in [0.25, 0.3) is 0 Å². The number of ether oxygens (including phenoxy) is 1. The van der Waals surface area contributed by atoms with Crippen molar-refractivity contribution >= 4 is 5.82 Å². The normalized spacial score (nSPS) is 12.1. The minimum atomic E-state index is 0.251. The monoisotopic (exact) mass is 232 g/mol. The number of nitrogens with one attached hydrogen (secondary N) is 1. The van der Waals surface area contributed by atoms with Gasteiger partial charge in [0.1, 0.15) is 11.6 Å². The second kappa shape index (κ2) is 5.39. The van der Waals surface area contributed by atoms with Crippen molar-refractivity contribution in [1.29, 1.82) is 0 Å². The maximum absolute atomic E-state index is 5.30. The molecule has 17 heavy (non-hydrogen) atoms. The molecule has 2 aromatic rings. The highest BCUT2D eigenvalue weighted by atomic mass is 16.5. The molecule has 2 rings (SSSR count). The van der Waals surface area contributed by atoms with Crippen LogP contribution >= 0.6 is 0 Å². The van der Waals surface area contributed by atoms with E-state index in [1.165, 1.54) is 0 Å². The van der Waals surface area contributed by atoms with Gasteiger partial charge in [-0.3, -0.25) is 0 Å². The summed E-state index contributed by atoms with van der Waals surface area (Å²) in [6.07, 6.45) is 2.51. The van der Waals surface area contributed by atoms with Gasteiger partial charge in [-0.05, 0) is 25.1 Å². The van der Waals surface area contributed by atoms with E-state index >= 15 is 0 Å². The van der Waals surface area contributed by atoms with Crippen molar-refractivity contribution in [2.24, 2.45) is 0 Å². The van der Waals surface area contributed by atoms with Crippen molar-refractivity contribution in [2.45, 2.75) is 19.4 Å². The molecule has 90 valence electrons. The van der Waals surface area contributed by atoms with E-state index in [1.807, 2.05) is 30.3 Å². The van der Waals surface area contributed by atoms with E-state index < -0.39 is 0 Å². The molecule has 2 heterocycles. The van der Waals surface area contributed by atoms with Crippen molar-refractivity contribution in [3.05, 3.63) is 42.4 Å². The van der Waals surface area contributed by atoms with Gasteiger partial charge in [0.15, 0.2) is 0 Å². The van der Waals surface area contributed by atoms with Gasteiger partial charge in [0, 0.05) is 18.5 Å². The molecule has 2 aromatic heterocycles. The molecule has 0 aliphatic carbocycles. The van der Waals surface area contributed by atoms with E-state index in [4.69, 9.17) is 9.15 Å². The van der Waals surface area contributed by atoms with Crippen LogP contribution in [-0.4, -0.2) is 18.1 Å². The average Bonchev–Trinajstić information content (AvgIpc) is 2.82. The summed E-state index contributed by atoms with van der Waals surface area (Å²) in [4.78, 5) is 4.30. The Hall–Kier alpha value is -1.97. The van der Waals surface area contributed by atoms with Crippen molar-refractivity contribution < 1.29 is 9.15 Å². The number of aromatic nitrogens is 1. The Balaban J connectivity index is 1.95. The maximum Gasteiger partial charge on any atom is 0.214 e. The Kier molecular flexibility index (Phi) is 3.65. The topological polar surface area (TPSA) is 47.3 Å². The van der Waals surface area contributed by atoms with Crippen LogP contribution in [0.4, 0.5) is 5.82 Å². The smallest absolute Gasteiger partial charge is 0.214 e. The predicted octanol–water partition coefficient (Wildman–Crippen LogP) is 2.73. The summed E-state index contributed by atoms with van der Waals surface area (Å²) >= 11 is 0. The van der Waals surface area contributed by atoms with Crippen molar-refractivity contribution in [3.63, 3.8) is 0 Å². The molecule has 0 amide bonds. The number of hydrogen-bond acceptors (Lipinski definition) is 4. The van der Waals surface area contributed by atoms with Gasteiger partial charge >= 0.3 is 0 Å². The molecule has 0 fully saturated rings. The zero-order chi connectivity index (χ0) is 12.1. The molecule has 1 atom stereocenters. The predicted molar refractivity (Wildman–Crippen MR) is 66.3 cm³/mol. The number of anilines is 1. The lowest BCUT2D eigenvalue weighted by molar-refractivity contribution is 0.398. The second-order valence-electron chi connectivity index (χ2n) is 3.89. The van der Waals surface area contributed by atoms with Gasteiger partial charge in [0.05, 0.1) is 13.4 Å². The molecule has 0 aliphatic heterocycles. The van der Waals surface area contributed by atoms with Crippen molar-refractivity contribution in [1.82, 2.24) is 4.98 Å². The zero-order valence-electron chi connectivity index (χ0n) is 10.0. The van der Waals surface area contributed by atoms with Crippen LogP contribution in [0, 0.1) is 0 Å². The number of pyridine rings is 1. The Morgan fingerprint density at radius 1 is 1.35 bits per heavy atom. The van der Waals surface area contributed by atoms with Gasteiger partial charge in [-0.1, -0.05) is 6.07 Å². The number of rotatable bonds is 5. The molecule has 4 nitrogen and oxygen atoms in total. The minimum Gasteiger partial charge on any atom is -0.481 e. The largest absolute Gasteiger partial charge is 0.481 e. The second-order valence-corrected chi connectivity index (χ2v) is 3.89.